The third-order valence-corrected chi connectivity index (χ3v) is 1.81. The molecular weight excluding hydrogens is 166 g/mol. The summed E-state index contributed by atoms with van der Waals surface area (Å²) in [5, 5.41) is 12.2. The molecule has 1 rings (SSSR count). The van der Waals surface area contributed by atoms with Crippen molar-refractivity contribution in [2.75, 3.05) is 13.7 Å². The largest absolute Gasteiger partial charge is 0.508 e. The number of ether oxygens (including phenoxy) is 1. The summed E-state index contributed by atoms with van der Waals surface area (Å²) in [6.07, 6.45) is 0. The summed E-state index contributed by atoms with van der Waals surface area (Å²) in [6, 6.07) is 7.11. The van der Waals surface area contributed by atoms with Gasteiger partial charge in [-0.15, -0.1) is 0 Å². The van der Waals surface area contributed by atoms with Crippen LogP contribution in [0.15, 0.2) is 24.3 Å². The van der Waals surface area contributed by atoms with Gasteiger partial charge in [0.15, 0.2) is 0 Å². The number of hydrogen-bond donors (Lipinski definition) is 2. The van der Waals surface area contributed by atoms with Gasteiger partial charge in [-0.1, -0.05) is 6.07 Å². The van der Waals surface area contributed by atoms with Crippen molar-refractivity contribution in [1.29, 1.82) is 0 Å². The van der Waals surface area contributed by atoms with Crippen molar-refractivity contribution < 1.29 is 9.84 Å². The zero-order valence-electron chi connectivity index (χ0n) is 7.95. The van der Waals surface area contributed by atoms with Crippen LogP contribution in [0, 0.1) is 0 Å². The fourth-order valence-corrected chi connectivity index (χ4v) is 0.878. The molecule has 0 aliphatic carbocycles. The van der Waals surface area contributed by atoms with E-state index in [0.29, 0.717) is 18.4 Å². The van der Waals surface area contributed by atoms with Crippen molar-refractivity contribution in [1.82, 2.24) is 5.32 Å². The molecule has 3 heteroatoms. The standard InChI is InChI=1S/C10H15NO2/c1-8(11-2)7-13-10-5-3-4-9(12)6-10/h3-6,8,11-12H,7H2,1-2H3. The summed E-state index contributed by atoms with van der Waals surface area (Å²) in [6.45, 7) is 2.63. The lowest BCUT2D eigenvalue weighted by Crippen LogP contribution is -2.28. The molecule has 72 valence electrons. The lowest BCUT2D eigenvalue weighted by Gasteiger charge is -2.11. The quantitative estimate of drug-likeness (QED) is 0.737. The van der Waals surface area contributed by atoms with Crippen LogP contribution >= 0.6 is 0 Å². The summed E-state index contributed by atoms with van der Waals surface area (Å²) in [5.41, 5.74) is 0. The molecule has 0 spiro atoms. The first kappa shape index (κ1) is 9.86. The highest BCUT2D eigenvalue weighted by molar-refractivity contribution is 5.31. The number of benzene rings is 1. The van der Waals surface area contributed by atoms with Gasteiger partial charge in [0.05, 0.1) is 0 Å². The lowest BCUT2D eigenvalue weighted by atomic mass is 10.3. The molecule has 13 heavy (non-hydrogen) atoms. The molecule has 0 amide bonds. The fourth-order valence-electron chi connectivity index (χ4n) is 0.878. The van der Waals surface area contributed by atoms with E-state index >= 15 is 0 Å². The molecule has 1 atom stereocenters. The summed E-state index contributed by atoms with van der Waals surface area (Å²) in [7, 11) is 1.89. The van der Waals surface area contributed by atoms with Crippen LogP contribution in [0.25, 0.3) is 0 Å². The Morgan fingerprint density at radius 3 is 2.92 bits per heavy atom. The van der Waals surface area contributed by atoms with Crippen LogP contribution in [0.5, 0.6) is 11.5 Å². The fraction of sp³-hybridized carbons (Fsp3) is 0.400. The zero-order chi connectivity index (χ0) is 9.68. The summed E-state index contributed by atoms with van der Waals surface area (Å²) < 4.78 is 5.42. The maximum Gasteiger partial charge on any atom is 0.123 e. The van der Waals surface area contributed by atoms with Crippen molar-refractivity contribution in [3.05, 3.63) is 24.3 Å². The molecule has 0 saturated heterocycles. The number of likely N-dealkylation sites (N-methyl/N-ethyl adjacent to an activating group) is 1. The maximum atomic E-state index is 9.14. The van der Waals surface area contributed by atoms with Crippen LogP contribution in [-0.4, -0.2) is 24.8 Å². The van der Waals surface area contributed by atoms with Crippen LogP contribution in [-0.2, 0) is 0 Å². The second-order valence-corrected chi connectivity index (χ2v) is 3.00. The van der Waals surface area contributed by atoms with Crippen molar-refractivity contribution in [3.8, 4) is 11.5 Å². The third kappa shape index (κ3) is 3.34. The predicted octanol–water partition coefficient (Wildman–Crippen LogP) is 1.38. The van der Waals surface area contributed by atoms with Crippen LogP contribution < -0.4 is 10.1 Å². The van der Waals surface area contributed by atoms with Crippen molar-refractivity contribution >= 4 is 0 Å². The minimum atomic E-state index is 0.231. The van der Waals surface area contributed by atoms with Gasteiger partial charge in [0, 0.05) is 12.1 Å². The van der Waals surface area contributed by atoms with Gasteiger partial charge in [-0.05, 0) is 26.1 Å². The summed E-state index contributed by atoms with van der Waals surface area (Å²) in [4.78, 5) is 0. The lowest BCUT2D eigenvalue weighted by molar-refractivity contribution is 0.278. The Kier molecular flexibility index (Phi) is 3.58. The number of phenols is 1. The average molecular weight is 181 g/mol. The van der Waals surface area contributed by atoms with Gasteiger partial charge in [0.25, 0.3) is 0 Å². The molecule has 0 aliphatic rings. The maximum absolute atomic E-state index is 9.14. The molecule has 0 fully saturated rings. The van der Waals surface area contributed by atoms with Crippen LogP contribution in [0.1, 0.15) is 6.92 Å². The molecule has 0 aliphatic heterocycles. The second-order valence-electron chi connectivity index (χ2n) is 3.00. The van der Waals surface area contributed by atoms with Crippen molar-refractivity contribution in [2.24, 2.45) is 0 Å². The van der Waals surface area contributed by atoms with Gasteiger partial charge in [-0.25, -0.2) is 0 Å². The minimum Gasteiger partial charge on any atom is -0.508 e. The van der Waals surface area contributed by atoms with E-state index in [2.05, 4.69) is 5.32 Å². The topological polar surface area (TPSA) is 41.5 Å². The summed E-state index contributed by atoms with van der Waals surface area (Å²) >= 11 is 0. The van der Waals surface area contributed by atoms with Crippen molar-refractivity contribution in [3.63, 3.8) is 0 Å². The third-order valence-electron chi connectivity index (χ3n) is 1.81. The van der Waals surface area contributed by atoms with Gasteiger partial charge in [-0.2, -0.15) is 0 Å². The number of hydrogen-bond acceptors (Lipinski definition) is 3. The SMILES string of the molecule is CNC(C)COc1cccc(O)c1. The Morgan fingerprint density at radius 2 is 2.31 bits per heavy atom. The Labute approximate surface area is 78.3 Å². The summed E-state index contributed by atoms with van der Waals surface area (Å²) in [5.74, 6) is 0.928. The molecule has 1 unspecified atom stereocenters. The highest BCUT2D eigenvalue weighted by Crippen LogP contribution is 2.17. The molecule has 0 saturated carbocycles. The van der Waals surface area contributed by atoms with Gasteiger partial charge in [-0.3, -0.25) is 0 Å². The highest BCUT2D eigenvalue weighted by Gasteiger charge is 1.99. The van der Waals surface area contributed by atoms with E-state index in [1.54, 1.807) is 18.2 Å². The molecule has 0 aromatic heterocycles. The van der Waals surface area contributed by atoms with E-state index in [-0.39, 0.29) is 5.75 Å². The Morgan fingerprint density at radius 1 is 1.54 bits per heavy atom. The molecule has 1 aromatic carbocycles. The normalized spacial score (nSPS) is 12.5. The molecule has 3 nitrogen and oxygen atoms in total. The van der Waals surface area contributed by atoms with E-state index in [0.717, 1.165) is 0 Å². The molecule has 1 aromatic rings. The Balaban J connectivity index is 2.45. The Hall–Kier alpha value is -1.22. The van der Waals surface area contributed by atoms with E-state index in [9.17, 15) is 0 Å². The molecular formula is C10H15NO2. The first-order valence-electron chi connectivity index (χ1n) is 4.31. The first-order valence-corrected chi connectivity index (χ1v) is 4.31. The van der Waals surface area contributed by atoms with E-state index in [1.807, 2.05) is 20.0 Å². The van der Waals surface area contributed by atoms with Gasteiger partial charge in [0.1, 0.15) is 18.1 Å². The molecule has 2 N–H and O–H groups in total. The minimum absolute atomic E-state index is 0.231. The van der Waals surface area contributed by atoms with E-state index in [4.69, 9.17) is 9.84 Å². The van der Waals surface area contributed by atoms with Crippen LogP contribution in [0.3, 0.4) is 0 Å². The smallest absolute Gasteiger partial charge is 0.123 e. The van der Waals surface area contributed by atoms with E-state index < -0.39 is 0 Å². The predicted molar refractivity (Wildman–Crippen MR) is 52.1 cm³/mol. The molecule has 0 bridgehead atoms. The number of nitrogens with one attached hydrogen (secondary N) is 1. The second kappa shape index (κ2) is 4.72. The van der Waals surface area contributed by atoms with Crippen LogP contribution in [0.4, 0.5) is 0 Å². The van der Waals surface area contributed by atoms with E-state index in [1.165, 1.54) is 0 Å². The monoisotopic (exact) mass is 181 g/mol. The highest BCUT2D eigenvalue weighted by atomic mass is 16.5. The molecule has 0 radical (unpaired) electrons. The first-order chi connectivity index (χ1) is 6.22. The number of aromatic hydroxyl groups is 1. The van der Waals surface area contributed by atoms with Gasteiger partial charge in [0.2, 0.25) is 0 Å². The zero-order valence-corrected chi connectivity index (χ0v) is 7.95. The van der Waals surface area contributed by atoms with Crippen molar-refractivity contribution in [2.45, 2.75) is 13.0 Å². The number of rotatable bonds is 4. The van der Waals surface area contributed by atoms with Gasteiger partial charge >= 0.3 is 0 Å². The molecule has 0 heterocycles. The van der Waals surface area contributed by atoms with Crippen LogP contribution in [0.2, 0.25) is 0 Å². The number of phenolic OH excluding ortho intramolecular Hbond substituents is 1. The van der Waals surface area contributed by atoms with Gasteiger partial charge < -0.3 is 15.2 Å². The average Bonchev–Trinajstić information content (AvgIpc) is 2.14. The Bertz CT molecular complexity index is 263.